The maximum absolute atomic E-state index is 5.99. The summed E-state index contributed by atoms with van der Waals surface area (Å²) in [7, 11) is 1.67. The lowest BCUT2D eigenvalue weighted by Crippen LogP contribution is -1.97. The van der Waals surface area contributed by atoms with Crippen LogP contribution in [0.15, 0.2) is 35.6 Å². The number of anilines is 1. The van der Waals surface area contributed by atoms with Crippen LogP contribution in [0, 0.1) is 0 Å². The molecule has 2 N–H and O–H groups in total. The number of imidazole rings is 1. The van der Waals surface area contributed by atoms with E-state index in [1.807, 2.05) is 30.7 Å². The molecule has 2 aromatic rings. The van der Waals surface area contributed by atoms with Gasteiger partial charge in [-0.3, -0.25) is 0 Å². The van der Waals surface area contributed by atoms with Crippen molar-refractivity contribution >= 4 is 17.4 Å². The molecule has 5 heteroatoms. The lowest BCUT2D eigenvalue weighted by Gasteiger charge is -2.09. The first-order valence-electron chi connectivity index (χ1n) is 6.35. The summed E-state index contributed by atoms with van der Waals surface area (Å²) in [5.74, 6) is 1.72. The van der Waals surface area contributed by atoms with Gasteiger partial charge in [-0.2, -0.15) is 0 Å². The number of hydrogen-bond donors (Lipinski definition) is 1. The van der Waals surface area contributed by atoms with Crippen molar-refractivity contribution in [3.63, 3.8) is 0 Å². The van der Waals surface area contributed by atoms with Crippen molar-refractivity contribution in [3.05, 3.63) is 36.4 Å². The first kappa shape index (κ1) is 12.4. The zero-order valence-corrected chi connectivity index (χ0v) is 11.7. The molecule has 0 atom stereocenters. The molecule has 1 saturated carbocycles. The smallest absolute Gasteiger partial charge is 0.120 e. The van der Waals surface area contributed by atoms with E-state index in [4.69, 9.17) is 10.5 Å². The van der Waals surface area contributed by atoms with Crippen LogP contribution in [-0.2, 0) is 5.75 Å². The highest BCUT2D eigenvalue weighted by molar-refractivity contribution is 7.98. The van der Waals surface area contributed by atoms with Gasteiger partial charge in [0.1, 0.15) is 5.75 Å². The Hall–Kier alpha value is -1.62. The predicted octanol–water partition coefficient (Wildman–Crippen LogP) is 3.10. The fourth-order valence-corrected chi connectivity index (χ4v) is 3.00. The lowest BCUT2D eigenvalue weighted by atomic mass is 10.3. The SMILES string of the molecule is COc1ccc(N)c(SCc2cncn2C2CC2)c1. The molecule has 1 aliphatic rings. The van der Waals surface area contributed by atoms with Crippen molar-refractivity contribution in [1.29, 1.82) is 0 Å². The highest BCUT2D eigenvalue weighted by Gasteiger charge is 2.25. The summed E-state index contributed by atoms with van der Waals surface area (Å²) < 4.78 is 7.51. The number of nitrogens with zero attached hydrogens (tertiary/aromatic N) is 2. The van der Waals surface area contributed by atoms with Crippen LogP contribution in [0.4, 0.5) is 5.69 Å². The molecule has 1 aliphatic carbocycles. The standard InChI is InChI=1S/C14H17N3OS/c1-18-12-4-5-13(15)14(6-12)19-8-11-7-16-9-17(11)10-2-3-10/h4-7,9-10H,2-3,8,15H2,1H3. The lowest BCUT2D eigenvalue weighted by molar-refractivity contribution is 0.414. The van der Waals surface area contributed by atoms with Gasteiger partial charge < -0.3 is 15.0 Å². The second-order valence-electron chi connectivity index (χ2n) is 4.72. The van der Waals surface area contributed by atoms with Gasteiger partial charge in [0.25, 0.3) is 0 Å². The van der Waals surface area contributed by atoms with E-state index in [0.717, 1.165) is 22.1 Å². The van der Waals surface area contributed by atoms with Gasteiger partial charge in [0.2, 0.25) is 0 Å². The normalized spacial score (nSPS) is 14.6. The summed E-state index contributed by atoms with van der Waals surface area (Å²) in [6, 6.07) is 6.42. The molecule has 0 spiro atoms. The Kier molecular flexibility index (Phi) is 3.38. The second kappa shape index (κ2) is 5.17. The van der Waals surface area contributed by atoms with Crippen molar-refractivity contribution in [2.24, 2.45) is 0 Å². The van der Waals surface area contributed by atoms with Gasteiger partial charge in [0.15, 0.2) is 0 Å². The number of thioether (sulfide) groups is 1. The molecule has 0 bridgehead atoms. The number of aromatic nitrogens is 2. The Balaban J connectivity index is 1.73. The summed E-state index contributed by atoms with van der Waals surface area (Å²) in [6.07, 6.45) is 6.43. The molecule has 0 radical (unpaired) electrons. The van der Waals surface area contributed by atoms with E-state index in [-0.39, 0.29) is 0 Å². The van der Waals surface area contributed by atoms with Gasteiger partial charge in [-0.05, 0) is 31.0 Å². The third-order valence-electron chi connectivity index (χ3n) is 3.28. The van der Waals surface area contributed by atoms with E-state index in [1.54, 1.807) is 18.9 Å². The molecule has 19 heavy (non-hydrogen) atoms. The third-order valence-corrected chi connectivity index (χ3v) is 4.39. The molecule has 1 aromatic heterocycles. The van der Waals surface area contributed by atoms with Crippen molar-refractivity contribution in [2.45, 2.75) is 29.5 Å². The monoisotopic (exact) mass is 275 g/mol. The van der Waals surface area contributed by atoms with Crippen LogP contribution >= 0.6 is 11.8 Å². The first-order valence-corrected chi connectivity index (χ1v) is 7.33. The number of benzene rings is 1. The Morgan fingerprint density at radius 2 is 2.32 bits per heavy atom. The highest BCUT2D eigenvalue weighted by atomic mass is 32.2. The van der Waals surface area contributed by atoms with Crippen molar-refractivity contribution in [1.82, 2.24) is 9.55 Å². The topological polar surface area (TPSA) is 53.1 Å². The molecule has 1 aromatic carbocycles. The molecular weight excluding hydrogens is 258 g/mol. The maximum Gasteiger partial charge on any atom is 0.120 e. The largest absolute Gasteiger partial charge is 0.497 e. The zero-order valence-electron chi connectivity index (χ0n) is 10.9. The number of ether oxygens (including phenoxy) is 1. The number of rotatable bonds is 5. The van der Waals surface area contributed by atoms with E-state index in [2.05, 4.69) is 9.55 Å². The van der Waals surface area contributed by atoms with Gasteiger partial charge >= 0.3 is 0 Å². The van der Waals surface area contributed by atoms with Crippen LogP contribution in [0.25, 0.3) is 0 Å². The molecule has 3 rings (SSSR count). The molecule has 0 unspecified atom stereocenters. The highest BCUT2D eigenvalue weighted by Crippen LogP contribution is 2.37. The molecule has 0 aliphatic heterocycles. The van der Waals surface area contributed by atoms with Crippen LogP contribution in [-0.4, -0.2) is 16.7 Å². The number of nitrogens with two attached hydrogens (primary N) is 1. The summed E-state index contributed by atoms with van der Waals surface area (Å²) in [5, 5.41) is 0. The third kappa shape index (κ3) is 2.71. The van der Waals surface area contributed by atoms with Gasteiger partial charge in [-0.15, -0.1) is 11.8 Å². The average molecular weight is 275 g/mol. The summed E-state index contributed by atoms with van der Waals surface area (Å²) >= 11 is 1.73. The van der Waals surface area contributed by atoms with Crippen molar-refractivity contribution < 1.29 is 4.74 Å². The minimum atomic E-state index is 0.667. The fraction of sp³-hybridized carbons (Fsp3) is 0.357. The molecule has 1 fully saturated rings. The van der Waals surface area contributed by atoms with Crippen LogP contribution in [0.1, 0.15) is 24.6 Å². The number of nitrogen functional groups attached to an aromatic ring is 1. The maximum atomic E-state index is 5.99. The van der Waals surface area contributed by atoms with Crippen LogP contribution in [0.2, 0.25) is 0 Å². The van der Waals surface area contributed by atoms with Crippen LogP contribution < -0.4 is 10.5 Å². The summed E-state index contributed by atoms with van der Waals surface area (Å²) in [5.41, 5.74) is 8.05. The summed E-state index contributed by atoms with van der Waals surface area (Å²) in [4.78, 5) is 5.30. The Bertz CT molecular complexity index is 578. The van der Waals surface area contributed by atoms with Crippen molar-refractivity contribution in [3.8, 4) is 5.75 Å². The number of methoxy groups -OCH3 is 1. The van der Waals surface area contributed by atoms with E-state index in [0.29, 0.717) is 6.04 Å². The van der Waals surface area contributed by atoms with E-state index >= 15 is 0 Å². The van der Waals surface area contributed by atoms with Gasteiger partial charge in [0.05, 0.1) is 13.4 Å². The van der Waals surface area contributed by atoms with Gasteiger partial charge in [-0.1, -0.05) is 0 Å². The van der Waals surface area contributed by atoms with Gasteiger partial charge in [-0.25, -0.2) is 4.98 Å². The minimum absolute atomic E-state index is 0.667. The quantitative estimate of drug-likeness (QED) is 0.673. The zero-order chi connectivity index (χ0) is 13.2. The van der Waals surface area contributed by atoms with Crippen LogP contribution in [0.3, 0.4) is 0 Å². The average Bonchev–Trinajstić information content (AvgIpc) is 3.17. The first-order chi connectivity index (χ1) is 9.28. The molecule has 100 valence electrons. The Morgan fingerprint density at radius 1 is 1.47 bits per heavy atom. The number of hydrogen-bond acceptors (Lipinski definition) is 4. The molecule has 1 heterocycles. The second-order valence-corrected chi connectivity index (χ2v) is 5.73. The molecule has 0 saturated heterocycles. The fourth-order valence-electron chi connectivity index (χ4n) is 2.04. The predicted molar refractivity (Wildman–Crippen MR) is 77.5 cm³/mol. The van der Waals surface area contributed by atoms with E-state index in [9.17, 15) is 0 Å². The summed E-state index contributed by atoms with van der Waals surface area (Å²) in [6.45, 7) is 0. The van der Waals surface area contributed by atoms with E-state index < -0.39 is 0 Å². The Labute approximate surface area is 117 Å². The Morgan fingerprint density at radius 3 is 3.05 bits per heavy atom. The van der Waals surface area contributed by atoms with E-state index in [1.165, 1.54) is 18.5 Å². The molecular formula is C14H17N3OS. The molecule has 4 nitrogen and oxygen atoms in total. The van der Waals surface area contributed by atoms with Gasteiger partial charge in [0, 0.05) is 34.3 Å². The minimum Gasteiger partial charge on any atom is -0.497 e. The molecule has 0 amide bonds. The van der Waals surface area contributed by atoms with Crippen molar-refractivity contribution in [2.75, 3.05) is 12.8 Å². The van der Waals surface area contributed by atoms with Crippen LogP contribution in [0.5, 0.6) is 5.75 Å².